The summed E-state index contributed by atoms with van der Waals surface area (Å²) in [5, 5.41) is 0.550. The number of hydrogen-bond donors (Lipinski definition) is 1. The molecule has 0 radical (unpaired) electrons. The van der Waals surface area contributed by atoms with Gasteiger partial charge in [-0.15, -0.1) is 6.58 Å². The molecule has 3 nitrogen and oxygen atoms in total. The molecule has 1 aromatic rings. The van der Waals surface area contributed by atoms with Gasteiger partial charge in [0.15, 0.2) is 11.5 Å². The molecule has 18 heavy (non-hydrogen) atoms. The van der Waals surface area contributed by atoms with Crippen LogP contribution in [0, 0.1) is 0 Å². The van der Waals surface area contributed by atoms with Crippen molar-refractivity contribution >= 4 is 11.6 Å². The molecular formula is C14H20ClNO2. The van der Waals surface area contributed by atoms with Gasteiger partial charge in [-0.2, -0.15) is 0 Å². The predicted octanol–water partition coefficient (Wildman–Crippen LogP) is 3.19. The van der Waals surface area contributed by atoms with Crippen LogP contribution in [0.1, 0.15) is 18.9 Å². The van der Waals surface area contributed by atoms with E-state index in [9.17, 15) is 0 Å². The van der Waals surface area contributed by atoms with E-state index < -0.39 is 0 Å². The van der Waals surface area contributed by atoms with E-state index in [1.807, 2.05) is 19.1 Å². The summed E-state index contributed by atoms with van der Waals surface area (Å²) in [6.45, 7) is 6.13. The lowest BCUT2D eigenvalue weighted by Gasteiger charge is -2.14. The van der Waals surface area contributed by atoms with E-state index in [2.05, 4.69) is 6.58 Å². The van der Waals surface area contributed by atoms with Crippen LogP contribution < -0.4 is 15.2 Å². The van der Waals surface area contributed by atoms with Gasteiger partial charge in [-0.3, -0.25) is 0 Å². The molecule has 0 saturated carbocycles. The van der Waals surface area contributed by atoms with Gasteiger partial charge in [-0.05, 0) is 37.5 Å². The van der Waals surface area contributed by atoms with Gasteiger partial charge in [-0.1, -0.05) is 17.7 Å². The number of nitrogens with two attached hydrogens (primary N) is 1. The minimum Gasteiger partial charge on any atom is -0.493 e. The number of ether oxygens (including phenoxy) is 2. The molecule has 0 aliphatic rings. The summed E-state index contributed by atoms with van der Waals surface area (Å²) in [7, 11) is 1.60. The number of halogens is 1. The monoisotopic (exact) mass is 269 g/mol. The van der Waals surface area contributed by atoms with E-state index in [0.717, 1.165) is 18.4 Å². The Morgan fingerprint density at radius 3 is 2.78 bits per heavy atom. The highest BCUT2D eigenvalue weighted by Crippen LogP contribution is 2.36. The second-order valence-electron chi connectivity index (χ2n) is 4.22. The molecule has 0 aliphatic heterocycles. The first-order chi connectivity index (χ1) is 8.58. The summed E-state index contributed by atoms with van der Waals surface area (Å²) < 4.78 is 10.9. The Bertz CT molecular complexity index is 405. The molecule has 0 amide bonds. The largest absolute Gasteiger partial charge is 0.493 e. The van der Waals surface area contributed by atoms with Gasteiger partial charge < -0.3 is 15.2 Å². The maximum atomic E-state index is 6.20. The lowest BCUT2D eigenvalue weighted by molar-refractivity contribution is 0.300. The second kappa shape index (κ2) is 7.29. The fourth-order valence-electron chi connectivity index (χ4n) is 1.65. The zero-order valence-electron chi connectivity index (χ0n) is 10.9. The van der Waals surface area contributed by atoms with Crippen LogP contribution in [-0.2, 0) is 6.42 Å². The van der Waals surface area contributed by atoms with E-state index in [1.54, 1.807) is 13.2 Å². The van der Waals surface area contributed by atoms with Crippen LogP contribution in [0.15, 0.2) is 24.8 Å². The van der Waals surface area contributed by atoms with Crippen molar-refractivity contribution in [2.24, 2.45) is 5.73 Å². The third-order valence-corrected chi connectivity index (χ3v) is 2.70. The van der Waals surface area contributed by atoms with Crippen molar-refractivity contribution in [1.29, 1.82) is 0 Å². The number of rotatable bonds is 7. The Balaban J connectivity index is 2.92. The first kappa shape index (κ1) is 14.9. The molecule has 1 unspecified atom stereocenters. The summed E-state index contributed by atoms with van der Waals surface area (Å²) >= 11 is 6.20. The van der Waals surface area contributed by atoms with Crippen molar-refractivity contribution in [3.63, 3.8) is 0 Å². The zero-order valence-corrected chi connectivity index (χ0v) is 11.7. The maximum Gasteiger partial charge on any atom is 0.179 e. The Morgan fingerprint density at radius 1 is 1.50 bits per heavy atom. The van der Waals surface area contributed by atoms with E-state index in [0.29, 0.717) is 23.1 Å². The third kappa shape index (κ3) is 4.24. The van der Waals surface area contributed by atoms with E-state index in [1.165, 1.54) is 0 Å². The summed E-state index contributed by atoms with van der Waals surface area (Å²) in [6.07, 6.45) is 3.31. The molecular weight excluding hydrogens is 250 g/mol. The third-order valence-electron chi connectivity index (χ3n) is 2.42. The molecule has 100 valence electrons. The first-order valence-electron chi connectivity index (χ1n) is 5.94. The summed E-state index contributed by atoms with van der Waals surface area (Å²) in [5.41, 5.74) is 6.82. The number of benzene rings is 1. The standard InChI is InChI=1S/C14H20ClNO2/c1-4-5-6-18-14-12(15)8-11(7-10(2)16)9-13(14)17-3/h4,8-10H,1,5-7,16H2,2-3H3. The number of hydrogen-bond acceptors (Lipinski definition) is 3. The molecule has 0 spiro atoms. The summed E-state index contributed by atoms with van der Waals surface area (Å²) in [5.74, 6) is 1.22. The van der Waals surface area contributed by atoms with Crippen molar-refractivity contribution in [2.45, 2.75) is 25.8 Å². The van der Waals surface area contributed by atoms with Gasteiger partial charge in [0.25, 0.3) is 0 Å². The van der Waals surface area contributed by atoms with Gasteiger partial charge in [0.2, 0.25) is 0 Å². The van der Waals surface area contributed by atoms with Gasteiger partial charge in [-0.25, -0.2) is 0 Å². The fraction of sp³-hybridized carbons (Fsp3) is 0.429. The zero-order chi connectivity index (χ0) is 13.5. The average molecular weight is 270 g/mol. The minimum atomic E-state index is 0.0818. The molecule has 0 saturated heterocycles. The quantitative estimate of drug-likeness (QED) is 0.611. The van der Waals surface area contributed by atoms with Crippen LogP contribution in [-0.4, -0.2) is 19.8 Å². The summed E-state index contributed by atoms with van der Waals surface area (Å²) in [4.78, 5) is 0. The smallest absolute Gasteiger partial charge is 0.179 e. The van der Waals surface area contributed by atoms with Gasteiger partial charge in [0, 0.05) is 6.04 Å². The highest BCUT2D eigenvalue weighted by atomic mass is 35.5. The molecule has 1 aromatic carbocycles. The van der Waals surface area contributed by atoms with Crippen LogP contribution in [0.25, 0.3) is 0 Å². The maximum absolute atomic E-state index is 6.20. The Labute approximate surface area is 114 Å². The molecule has 0 aromatic heterocycles. The van der Waals surface area contributed by atoms with E-state index in [-0.39, 0.29) is 6.04 Å². The van der Waals surface area contributed by atoms with Crippen LogP contribution in [0.4, 0.5) is 0 Å². The highest BCUT2D eigenvalue weighted by Gasteiger charge is 2.12. The average Bonchev–Trinajstić information content (AvgIpc) is 2.30. The first-order valence-corrected chi connectivity index (χ1v) is 6.32. The number of methoxy groups -OCH3 is 1. The minimum absolute atomic E-state index is 0.0818. The molecule has 0 aliphatic carbocycles. The lowest BCUT2D eigenvalue weighted by atomic mass is 10.1. The normalized spacial score (nSPS) is 12.0. The topological polar surface area (TPSA) is 44.5 Å². The van der Waals surface area contributed by atoms with Crippen LogP contribution in [0.5, 0.6) is 11.5 Å². The molecule has 0 bridgehead atoms. The SMILES string of the molecule is C=CCCOc1c(Cl)cc(CC(C)N)cc1OC. The van der Waals surface area contributed by atoms with Crippen molar-refractivity contribution in [2.75, 3.05) is 13.7 Å². The van der Waals surface area contributed by atoms with E-state index >= 15 is 0 Å². The van der Waals surface area contributed by atoms with Crippen molar-refractivity contribution in [3.05, 3.63) is 35.4 Å². The Kier molecular flexibility index (Phi) is 6.02. The van der Waals surface area contributed by atoms with Crippen LogP contribution >= 0.6 is 11.6 Å². The summed E-state index contributed by atoms with van der Waals surface area (Å²) in [6, 6.07) is 3.87. The second-order valence-corrected chi connectivity index (χ2v) is 4.62. The van der Waals surface area contributed by atoms with Crippen molar-refractivity contribution in [3.8, 4) is 11.5 Å². The predicted molar refractivity (Wildman–Crippen MR) is 75.7 cm³/mol. The molecule has 2 N–H and O–H groups in total. The van der Waals surface area contributed by atoms with Gasteiger partial charge >= 0.3 is 0 Å². The molecule has 0 fully saturated rings. The van der Waals surface area contributed by atoms with Gasteiger partial charge in [0.1, 0.15) is 0 Å². The molecule has 0 heterocycles. The van der Waals surface area contributed by atoms with Gasteiger partial charge in [0.05, 0.1) is 18.7 Å². The molecule has 1 atom stereocenters. The van der Waals surface area contributed by atoms with Crippen molar-refractivity contribution in [1.82, 2.24) is 0 Å². The lowest BCUT2D eigenvalue weighted by Crippen LogP contribution is -2.17. The van der Waals surface area contributed by atoms with Crippen molar-refractivity contribution < 1.29 is 9.47 Å². The Hall–Kier alpha value is -1.19. The van der Waals surface area contributed by atoms with Crippen LogP contribution in [0.3, 0.4) is 0 Å². The molecule has 1 rings (SSSR count). The Morgan fingerprint density at radius 2 is 2.22 bits per heavy atom. The molecule has 4 heteroatoms. The van der Waals surface area contributed by atoms with E-state index in [4.69, 9.17) is 26.8 Å². The van der Waals surface area contributed by atoms with Crippen LogP contribution in [0.2, 0.25) is 5.02 Å². The fourth-order valence-corrected chi connectivity index (χ4v) is 1.94. The highest BCUT2D eigenvalue weighted by molar-refractivity contribution is 6.32.